The molecule has 0 spiro atoms. The van der Waals surface area contributed by atoms with Crippen LogP contribution in [0.3, 0.4) is 0 Å². The van der Waals surface area contributed by atoms with Gasteiger partial charge in [-0.3, -0.25) is 4.79 Å². The van der Waals surface area contributed by atoms with Crippen molar-refractivity contribution in [1.82, 2.24) is 0 Å². The summed E-state index contributed by atoms with van der Waals surface area (Å²) in [6, 6.07) is 10.2. The molecule has 0 radical (unpaired) electrons. The predicted molar refractivity (Wildman–Crippen MR) is 91.0 cm³/mol. The van der Waals surface area contributed by atoms with Gasteiger partial charge in [-0.1, -0.05) is 6.07 Å². The number of rotatable bonds is 8. The number of benzene rings is 2. The van der Waals surface area contributed by atoms with E-state index in [2.05, 4.69) is 5.32 Å². The molecule has 0 atom stereocenters. The van der Waals surface area contributed by atoms with Crippen molar-refractivity contribution in [3.8, 4) is 17.2 Å². The van der Waals surface area contributed by atoms with Gasteiger partial charge in [0.15, 0.2) is 13.2 Å². The van der Waals surface area contributed by atoms with Gasteiger partial charge in [0.25, 0.3) is 5.91 Å². The second kappa shape index (κ2) is 9.26. The molecule has 0 fully saturated rings. The number of hydrogen-bond donors (Lipinski definition) is 1. The number of ether oxygens (including phenoxy) is 4. The molecule has 0 unspecified atom stereocenters. The quantitative estimate of drug-likeness (QED) is 0.725. The van der Waals surface area contributed by atoms with Crippen LogP contribution in [0.2, 0.25) is 0 Å². The highest BCUT2D eigenvalue weighted by Crippen LogP contribution is 2.28. The lowest BCUT2D eigenvalue weighted by Crippen LogP contribution is -2.23. The highest BCUT2D eigenvalue weighted by molar-refractivity contribution is 5.94. The Morgan fingerprint density at radius 1 is 1.00 bits per heavy atom. The first-order valence-electron chi connectivity index (χ1n) is 7.57. The molecule has 2 aromatic rings. The van der Waals surface area contributed by atoms with Crippen molar-refractivity contribution in [1.29, 1.82) is 0 Å². The average molecular weight is 363 g/mol. The molecule has 0 aliphatic rings. The second-order valence-electron chi connectivity index (χ2n) is 5.02. The molecule has 26 heavy (non-hydrogen) atoms. The Balaban J connectivity index is 1.80. The molecule has 8 heteroatoms. The van der Waals surface area contributed by atoms with Gasteiger partial charge >= 0.3 is 5.97 Å². The Morgan fingerprint density at radius 3 is 2.50 bits per heavy atom. The molecular formula is C18H18FNO6. The molecular weight excluding hydrogens is 345 g/mol. The summed E-state index contributed by atoms with van der Waals surface area (Å²) in [4.78, 5) is 23.5. The van der Waals surface area contributed by atoms with Crippen molar-refractivity contribution in [2.24, 2.45) is 0 Å². The van der Waals surface area contributed by atoms with E-state index in [9.17, 15) is 14.0 Å². The maximum absolute atomic E-state index is 13.0. The third kappa shape index (κ3) is 5.66. The molecule has 0 aliphatic heterocycles. The molecule has 7 nitrogen and oxygen atoms in total. The zero-order chi connectivity index (χ0) is 18.9. The number of anilines is 1. The van der Waals surface area contributed by atoms with Gasteiger partial charge in [-0.25, -0.2) is 9.18 Å². The van der Waals surface area contributed by atoms with E-state index in [4.69, 9.17) is 18.9 Å². The summed E-state index contributed by atoms with van der Waals surface area (Å²) < 4.78 is 33.1. The predicted octanol–water partition coefficient (Wildman–Crippen LogP) is 2.40. The number of carbonyl (C=O) groups is 2. The largest absolute Gasteiger partial charge is 0.497 e. The fourth-order valence-corrected chi connectivity index (χ4v) is 1.97. The standard InChI is InChI=1S/C18H18FNO6/c1-23-13-6-7-15(16(9-13)24-2)20-17(21)10-26-18(22)11-25-14-5-3-4-12(19)8-14/h3-9H,10-11H2,1-2H3,(H,20,21). The van der Waals surface area contributed by atoms with Gasteiger partial charge in [-0.15, -0.1) is 0 Å². The molecule has 2 rings (SSSR count). The van der Waals surface area contributed by atoms with Crippen molar-refractivity contribution >= 4 is 17.6 Å². The van der Waals surface area contributed by atoms with Crippen molar-refractivity contribution in [3.63, 3.8) is 0 Å². The van der Waals surface area contributed by atoms with E-state index in [1.165, 1.54) is 32.4 Å². The van der Waals surface area contributed by atoms with E-state index < -0.39 is 30.9 Å². The summed E-state index contributed by atoms with van der Waals surface area (Å²) in [7, 11) is 2.96. The van der Waals surface area contributed by atoms with Crippen LogP contribution in [0.25, 0.3) is 0 Å². The van der Waals surface area contributed by atoms with Crippen molar-refractivity contribution in [2.75, 3.05) is 32.8 Å². The van der Waals surface area contributed by atoms with E-state index in [0.717, 1.165) is 6.07 Å². The summed E-state index contributed by atoms with van der Waals surface area (Å²) in [6.07, 6.45) is 0. The molecule has 0 aliphatic carbocycles. The molecule has 0 bridgehead atoms. The molecule has 0 saturated heterocycles. The lowest BCUT2D eigenvalue weighted by atomic mass is 10.2. The van der Waals surface area contributed by atoms with Crippen LogP contribution < -0.4 is 19.5 Å². The monoisotopic (exact) mass is 363 g/mol. The Hall–Kier alpha value is -3.29. The Bertz CT molecular complexity index is 780. The van der Waals surface area contributed by atoms with Crippen molar-refractivity contribution < 1.29 is 32.9 Å². The van der Waals surface area contributed by atoms with E-state index in [0.29, 0.717) is 17.2 Å². The first-order chi connectivity index (χ1) is 12.5. The minimum Gasteiger partial charge on any atom is -0.497 e. The van der Waals surface area contributed by atoms with Crippen molar-refractivity contribution in [3.05, 3.63) is 48.3 Å². The van der Waals surface area contributed by atoms with Crippen LogP contribution in [0.5, 0.6) is 17.2 Å². The maximum atomic E-state index is 13.0. The van der Waals surface area contributed by atoms with Crippen LogP contribution >= 0.6 is 0 Å². The van der Waals surface area contributed by atoms with Gasteiger partial charge < -0.3 is 24.3 Å². The number of amides is 1. The number of hydrogen-bond acceptors (Lipinski definition) is 6. The normalized spacial score (nSPS) is 9.96. The number of esters is 1. The third-order valence-electron chi connectivity index (χ3n) is 3.20. The lowest BCUT2D eigenvalue weighted by Gasteiger charge is -2.12. The van der Waals surface area contributed by atoms with Crippen LogP contribution in [-0.4, -0.2) is 39.3 Å². The molecule has 138 valence electrons. The fraction of sp³-hybridized carbons (Fsp3) is 0.222. The molecule has 1 amide bonds. The summed E-state index contributed by atoms with van der Waals surface area (Å²) in [5.41, 5.74) is 0.408. The van der Waals surface area contributed by atoms with Gasteiger partial charge in [0.1, 0.15) is 23.1 Å². The summed E-state index contributed by atoms with van der Waals surface area (Å²) >= 11 is 0. The smallest absolute Gasteiger partial charge is 0.344 e. The molecule has 0 aromatic heterocycles. The van der Waals surface area contributed by atoms with E-state index in [1.807, 2.05) is 0 Å². The van der Waals surface area contributed by atoms with Gasteiger partial charge in [-0.05, 0) is 24.3 Å². The molecule has 0 saturated carbocycles. The zero-order valence-corrected chi connectivity index (χ0v) is 14.3. The zero-order valence-electron chi connectivity index (χ0n) is 14.3. The maximum Gasteiger partial charge on any atom is 0.344 e. The third-order valence-corrected chi connectivity index (χ3v) is 3.20. The van der Waals surface area contributed by atoms with Crippen LogP contribution in [0.15, 0.2) is 42.5 Å². The highest BCUT2D eigenvalue weighted by Gasteiger charge is 2.12. The van der Waals surface area contributed by atoms with Gasteiger partial charge in [0.2, 0.25) is 0 Å². The molecule has 1 N–H and O–H groups in total. The first-order valence-corrected chi connectivity index (χ1v) is 7.57. The molecule has 0 heterocycles. The van der Waals surface area contributed by atoms with Gasteiger partial charge in [0.05, 0.1) is 19.9 Å². The van der Waals surface area contributed by atoms with Crippen LogP contribution in [0, 0.1) is 5.82 Å². The number of methoxy groups -OCH3 is 2. The Morgan fingerprint density at radius 2 is 1.81 bits per heavy atom. The molecule has 2 aromatic carbocycles. The Kier molecular flexibility index (Phi) is 6.78. The summed E-state index contributed by atoms with van der Waals surface area (Å²) in [5.74, 6) is -0.629. The minimum absolute atomic E-state index is 0.189. The van der Waals surface area contributed by atoms with Crippen molar-refractivity contribution in [2.45, 2.75) is 0 Å². The van der Waals surface area contributed by atoms with E-state index >= 15 is 0 Å². The topological polar surface area (TPSA) is 83.1 Å². The minimum atomic E-state index is -0.758. The van der Waals surface area contributed by atoms with Gasteiger partial charge in [0, 0.05) is 12.1 Å². The lowest BCUT2D eigenvalue weighted by molar-refractivity contribution is -0.149. The number of halogens is 1. The summed E-state index contributed by atoms with van der Waals surface area (Å²) in [5, 5.41) is 2.56. The van der Waals surface area contributed by atoms with Crippen LogP contribution in [0.4, 0.5) is 10.1 Å². The van der Waals surface area contributed by atoms with E-state index in [1.54, 1.807) is 18.2 Å². The number of nitrogens with one attached hydrogen (secondary N) is 1. The average Bonchev–Trinajstić information content (AvgIpc) is 2.65. The van der Waals surface area contributed by atoms with E-state index in [-0.39, 0.29) is 5.75 Å². The second-order valence-corrected chi connectivity index (χ2v) is 5.02. The van der Waals surface area contributed by atoms with Crippen LogP contribution in [-0.2, 0) is 14.3 Å². The first kappa shape index (κ1) is 19.0. The van der Waals surface area contributed by atoms with Crippen LogP contribution in [0.1, 0.15) is 0 Å². The Labute approximate surface area is 149 Å². The summed E-state index contributed by atoms with van der Waals surface area (Å²) in [6.45, 7) is -0.941. The van der Waals surface area contributed by atoms with Gasteiger partial charge in [-0.2, -0.15) is 0 Å². The highest BCUT2D eigenvalue weighted by atomic mass is 19.1. The SMILES string of the molecule is COc1ccc(NC(=O)COC(=O)COc2cccc(F)c2)c(OC)c1. The fourth-order valence-electron chi connectivity index (χ4n) is 1.97. The number of carbonyl (C=O) groups excluding carboxylic acids is 2.